The van der Waals surface area contributed by atoms with Gasteiger partial charge in [-0.1, -0.05) is 0 Å². The van der Waals surface area contributed by atoms with Gasteiger partial charge in [0.1, 0.15) is 5.52 Å². The number of pyridine rings is 1. The van der Waals surface area contributed by atoms with Gasteiger partial charge in [0.25, 0.3) is 6.43 Å². The second kappa shape index (κ2) is 3.32. The topological polar surface area (TPSA) is 30.7 Å². The first-order valence-electron chi connectivity index (χ1n) is 4.23. The van der Waals surface area contributed by atoms with Crippen molar-refractivity contribution in [2.45, 2.75) is 19.9 Å². The molecule has 0 aliphatic carbocycles. The fourth-order valence-corrected chi connectivity index (χ4v) is 1.32. The van der Waals surface area contributed by atoms with Gasteiger partial charge in [0.05, 0.1) is 12.9 Å². The van der Waals surface area contributed by atoms with Gasteiger partial charge in [-0.3, -0.25) is 0 Å². The zero-order valence-electron chi connectivity index (χ0n) is 7.61. The minimum Gasteiger partial charge on any atom is -0.310 e. The molecule has 0 amide bonds. The highest BCUT2D eigenvalue weighted by Crippen LogP contribution is 2.12. The lowest BCUT2D eigenvalue weighted by Gasteiger charge is -2.01. The molecule has 74 valence electrons. The van der Waals surface area contributed by atoms with Crippen LogP contribution in [0.4, 0.5) is 8.78 Å². The monoisotopic (exact) mass is 197 g/mol. The van der Waals surface area contributed by atoms with Gasteiger partial charge in [-0.25, -0.2) is 18.7 Å². The van der Waals surface area contributed by atoms with Gasteiger partial charge in [0.15, 0.2) is 5.65 Å². The molecule has 0 aliphatic heterocycles. The predicted octanol–water partition coefficient (Wildman–Crippen LogP) is 2.00. The summed E-state index contributed by atoms with van der Waals surface area (Å²) in [5.41, 5.74) is 1.97. The van der Waals surface area contributed by atoms with Crippen LogP contribution >= 0.6 is 0 Å². The van der Waals surface area contributed by atoms with Crippen molar-refractivity contribution in [2.75, 3.05) is 0 Å². The molecule has 0 N–H and O–H groups in total. The van der Waals surface area contributed by atoms with E-state index in [1.165, 1.54) is 10.9 Å². The van der Waals surface area contributed by atoms with Crippen molar-refractivity contribution in [3.05, 3.63) is 24.2 Å². The van der Waals surface area contributed by atoms with E-state index >= 15 is 0 Å². The van der Waals surface area contributed by atoms with Gasteiger partial charge in [-0.15, -0.1) is 0 Å². The molecule has 2 aromatic rings. The molecule has 14 heavy (non-hydrogen) atoms. The van der Waals surface area contributed by atoms with Crippen molar-refractivity contribution < 1.29 is 8.78 Å². The van der Waals surface area contributed by atoms with Crippen LogP contribution in [0.1, 0.15) is 5.69 Å². The second-order valence-corrected chi connectivity index (χ2v) is 3.08. The summed E-state index contributed by atoms with van der Waals surface area (Å²) in [5.74, 6) is 0. The molecule has 0 bridgehead atoms. The van der Waals surface area contributed by atoms with Crippen LogP contribution in [0.2, 0.25) is 0 Å². The van der Waals surface area contributed by atoms with E-state index in [-0.39, 0.29) is 6.54 Å². The molecule has 0 aliphatic rings. The van der Waals surface area contributed by atoms with Crippen LogP contribution in [0.5, 0.6) is 0 Å². The third kappa shape index (κ3) is 1.57. The minimum absolute atomic E-state index is 0.354. The maximum Gasteiger partial charge on any atom is 0.256 e. The molecule has 0 spiro atoms. The summed E-state index contributed by atoms with van der Waals surface area (Å²) in [7, 11) is 0. The number of fused-ring (bicyclic) bond motifs is 1. The van der Waals surface area contributed by atoms with E-state index in [0.29, 0.717) is 11.2 Å². The summed E-state index contributed by atoms with van der Waals surface area (Å²) < 4.78 is 25.7. The number of imidazole rings is 1. The number of alkyl halides is 2. The predicted molar refractivity (Wildman–Crippen MR) is 48.3 cm³/mol. The molecule has 0 radical (unpaired) electrons. The number of hydrogen-bond donors (Lipinski definition) is 0. The molecule has 0 atom stereocenters. The van der Waals surface area contributed by atoms with E-state index < -0.39 is 6.43 Å². The number of hydrogen-bond acceptors (Lipinski definition) is 2. The summed E-state index contributed by atoms with van der Waals surface area (Å²) >= 11 is 0. The second-order valence-electron chi connectivity index (χ2n) is 3.08. The molecule has 2 heterocycles. The Hall–Kier alpha value is -1.52. The van der Waals surface area contributed by atoms with Crippen molar-refractivity contribution in [1.29, 1.82) is 0 Å². The zero-order chi connectivity index (χ0) is 10.1. The maximum atomic E-state index is 12.2. The highest BCUT2D eigenvalue weighted by atomic mass is 19.3. The first-order chi connectivity index (χ1) is 6.66. The summed E-state index contributed by atoms with van der Waals surface area (Å²) in [6.45, 7) is 1.46. The van der Waals surface area contributed by atoms with Gasteiger partial charge < -0.3 is 4.57 Å². The van der Waals surface area contributed by atoms with E-state index in [9.17, 15) is 8.78 Å². The van der Waals surface area contributed by atoms with E-state index in [2.05, 4.69) is 9.97 Å². The third-order valence-corrected chi connectivity index (χ3v) is 1.94. The van der Waals surface area contributed by atoms with Crippen molar-refractivity contribution in [1.82, 2.24) is 14.5 Å². The van der Waals surface area contributed by atoms with Crippen molar-refractivity contribution in [2.24, 2.45) is 0 Å². The summed E-state index contributed by atoms with van der Waals surface area (Å²) in [6, 6.07) is 3.59. The van der Waals surface area contributed by atoms with Gasteiger partial charge >= 0.3 is 0 Å². The van der Waals surface area contributed by atoms with Gasteiger partial charge in [-0.2, -0.15) is 0 Å². The number of nitrogens with zero attached hydrogens (tertiary/aromatic N) is 3. The molecule has 0 unspecified atom stereocenters. The summed E-state index contributed by atoms with van der Waals surface area (Å²) in [5, 5.41) is 0. The third-order valence-electron chi connectivity index (χ3n) is 1.94. The Bertz CT molecular complexity index is 450. The van der Waals surface area contributed by atoms with E-state index in [4.69, 9.17) is 0 Å². The first kappa shape index (κ1) is 9.05. The average Bonchev–Trinajstić information content (AvgIpc) is 2.47. The molecule has 5 heteroatoms. The number of rotatable bonds is 2. The fourth-order valence-electron chi connectivity index (χ4n) is 1.32. The van der Waals surface area contributed by atoms with Crippen LogP contribution in [0.25, 0.3) is 11.2 Å². The minimum atomic E-state index is -2.38. The standard InChI is InChI=1S/C9H9F2N3/c1-6-2-3-7-9(13-6)14(5-12-7)4-8(10)11/h2-3,5,8H,4H2,1H3. The van der Waals surface area contributed by atoms with Crippen LogP contribution in [-0.2, 0) is 6.54 Å². The van der Waals surface area contributed by atoms with Crippen LogP contribution in [0, 0.1) is 6.92 Å². The van der Waals surface area contributed by atoms with Crippen molar-refractivity contribution >= 4 is 11.2 Å². The number of halogens is 2. The molecule has 2 aromatic heterocycles. The Morgan fingerprint density at radius 1 is 1.43 bits per heavy atom. The summed E-state index contributed by atoms with van der Waals surface area (Å²) in [6.07, 6.45) is -0.988. The average molecular weight is 197 g/mol. The Balaban J connectivity index is 2.50. The number of aryl methyl sites for hydroxylation is 1. The molecular formula is C9H9F2N3. The first-order valence-corrected chi connectivity index (χ1v) is 4.23. The lowest BCUT2D eigenvalue weighted by molar-refractivity contribution is 0.128. The van der Waals surface area contributed by atoms with Gasteiger partial charge in [0.2, 0.25) is 0 Å². The van der Waals surface area contributed by atoms with Crippen LogP contribution < -0.4 is 0 Å². The lowest BCUT2D eigenvalue weighted by atomic mass is 10.3. The summed E-state index contributed by atoms with van der Waals surface area (Å²) in [4.78, 5) is 8.14. The smallest absolute Gasteiger partial charge is 0.256 e. The Labute approximate surface area is 79.4 Å². The van der Waals surface area contributed by atoms with E-state index in [0.717, 1.165) is 5.69 Å². The van der Waals surface area contributed by atoms with Crippen LogP contribution in [0.15, 0.2) is 18.5 Å². The maximum absolute atomic E-state index is 12.2. The SMILES string of the molecule is Cc1ccc2ncn(CC(F)F)c2n1. The van der Waals surface area contributed by atoms with Crippen molar-refractivity contribution in [3.8, 4) is 0 Å². The molecule has 0 saturated carbocycles. The Morgan fingerprint density at radius 3 is 2.93 bits per heavy atom. The molecular weight excluding hydrogens is 188 g/mol. The van der Waals surface area contributed by atoms with Gasteiger partial charge in [0, 0.05) is 5.69 Å². The van der Waals surface area contributed by atoms with Gasteiger partial charge in [-0.05, 0) is 19.1 Å². The molecule has 2 rings (SSSR count). The molecule has 0 fully saturated rings. The highest BCUT2D eigenvalue weighted by molar-refractivity contribution is 5.70. The highest BCUT2D eigenvalue weighted by Gasteiger charge is 2.08. The Kier molecular flexibility index (Phi) is 2.15. The zero-order valence-corrected chi connectivity index (χ0v) is 7.61. The Morgan fingerprint density at radius 2 is 2.21 bits per heavy atom. The number of aromatic nitrogens is 3. The van der Waals surface area contributed by atoms with Crippen LogP contribution in [-0.4, -0.2) is 21.0 Å². The van der Waals surface area contributed by atoms with E-state index in [1.54, 1.807) is 6.07 Å². The molecule has 0 saturated heterocycles. The lowest BCUT2D eigenvalue weighted by Crippen LogP contribution is -2.05. The largest absolute Gasteiger partial charge is 0.310 e. The van der Waals surface area contributed by atoms with Crippen LogP contribution in [0.3, 0.4) is 0 Å². The molecule has 0 aromatic carbocycles. The normalized spacial score (nSPS) is 11.4. The quantitative estimate of drug-likeness (QED) is 0.737. The fraction of sp³-hybridized carbons (Fsp3) is 0.333. The van der Waals surface area contributed by atoms with Crippen molar-refractivity contribution in [3.63, 3.8) is 0 Å². The van der Waals surface area contributed by atoms with E-state index in [1.807, 2.05) is 13.0 Å². The molecule has 3 nitrogen and oxygen atoms in total.